The van der Waals surface area contributed by atoms with Gasteiger partial charge in [-0.2, -0.15) is 0 Å². The van der Waals surface area contributed by atoms with E-state index in [1.807, 2.05) is 6.07 Å². The van der Waals surface area contributed by atoms with E-state index < -0.39 is 0 Å². The van der Waals surface area contributed by atoms with E-state index in [1.54, 1.807) is 14.2 Å². The van der Waals surface area contributed by atoms with Gasteiger partial charge in [0.2, 0.25) is 0 Å². The molecular weight excluding hydrogens is 372 g/mol. The highest BCUT2D eigenvalue weighted by molar-refractivity contribution is 9.10. The maximum atomic E-state index is 5.60. The van der Waals surface area contributed by atoms with E-state index in [4.69, 9.17) is 9.47 Å². The molecule has 4 heteroatoms. The summed E-state index contributed by atoms with van der Waals surface area (Å²) in [7, 11) is 3.45. The predicted octanol–water partition coefficient (Wildman–Crippen LogP) is 5.26. The molecule has 2 nitrogen and oxygen atoms in total. The second-order valence-electron chi connectivity index (χ2n) is 5.82. The van der Waals surface area contributed by atoms with E-state index >= 15 is 0 Å². The fourth-order valence-corrected chi connectivity index (χ4v) is 4.74. The van der Waals surface area contributed by atoms with Gasteiger partial charge in [0.05, 0.1) is 18.7 Å². The van der Waals surface area contributed by atoms with E-state index in [0.717, 1.165) is 35.2 Å². The number of benzene rings is 1. The van der Waals surface area contributed by atoms with Crippen molar-refractivity contribution >= 4 is 31.9 Å². The number of methoxy groups -OCH3 is 2. The quantitative estimate of drug-likeness (QED) is 0.505. The van der Waals surface area contributed by atoms with Crippen molar-refractivity contribution in [3.8, 4) is 11.5 Å². The third kappa shape index (κ3) is 2.94. The molecule has 0 aliphatic heterocycles. The molecule has 2 rings (SSSR count). The molecule has 0 aromatic heterocycles. The zero-order valence-electron chi connectivity index (χ0n) is 11.8. The maximum absolute atomic E-state index is 5.60. The summed E-state index contributed by atoms with van der Waals surface area (Å²) in [6.07, 6.45) is 3.27. The van der Waals surface area contributed by atoms with Crippen molar-refractivity contribution in [2.75, 3.05) is 14.2 Å². The zero-order valence-corrected chi connectivity index (χ0v) is 15.0. The molecule has 0 spiro atoms. The van der Waals surface area contributed by atoms with Crippen molar-refractivity contribution in [1.29, 1.82) is 0 Å². The Balaban J connectivity index is 2.63. The highest BCUT2D eigenvalue weighted by Crippen LogP contribution is 2.51. The van der Waals surface area contributed by atoms with Crippen LogP contribution in [0.2, 0.25) is 0 Å². The van der Waals surface area contributed by atoms with Crippen molar-refractivity contribution in [1.82, 2.24) is 0 Å². The van der Waals surface area contributed by atoms with Crippen molar-refractivity contribution in [3.63, 3.8) is 0 Å². The molecule has 1 aromatic rings. The summed E-state index contributed by atoms with van der Waals surface area (Å²) in [5.41, 5.74) is 2.82. The minimum Gasteiger partial charge on any atom is -0.496 e. The van der Waals surface area contributed by atoms with Crippen LogP contribution in [-0.4, -0.2) is 14.2 Å². The molecule has 0 amide bonds. The first-order chi connectivity index (χ1) is 8.89. The van der Waals surface area contributed by atoms with E-state index in [1.165, 1.54) is 11.1 Å². The SMILES string of the molecule is COc1cc(Br)c(OC)c2c1CCC(C)(C)CC2Br. The van der Waals surface area contributed by atoms with Gasteiger partial charge in [-0.25, -0.2) is 0 Å². The second kappa shape index (κ2) is 5.65. The highest BCUT2D eigenvalue weighted by atomic mass is 79.9. The van der Waals surface area contributed by atoms with E-state index in [2.05, 4.69) is 45.7 Å². The Morgan fingerprint density at radius 2 is 1.95 bits per heavy atom. The van der Waals surface area contributed by atoms with Crippen LogP contribution in [0.4, 0.5) is 0 Å². The van der Waals surface area contributed by atoms with Gasteiger partial charge >= 0.3 is 0 Å². The first-order valence-electron chi connectivity index (χ1n) is 6.47. The van der Waals surface area contributed by atoms with Crippen molar-refractivity contribution < 1.29 is 9.47 Å². The lowest BCUT2D eigenvalue weighted by atomic mass is 9.84. The lowest BCUT2D eigenvalue weighted by molar-refractivity contribution is 0.314. The molecule has 106 valence electrons. The van der Waals surface area contributed by atoms with Crippen molar-refractivity contribution in [2.24, 2.45) is 5.41 Å². The number of hydrogen-bond acceptors (Lipinski definition) is 2. The Bertz CT molecular complexity index is 484. The standard InChI is InChI=1S/C15H20Br2O2/c1-15(2)6-5-9-12(18-3)7-10(16)14(19-4)13(9)11(17)8-15/h7,11H,5-6,8H2,1-4H3. The lowest BCUT2D eigenvalue weighted by Crippen LogP contribution is -2.11. The van der Waals surface area contributed by atoms with Crippen LogP contribution in [0.1, 0.15) is 42.6 Å². The summed E-state index contributed by atoms with van der Waals surface area (Å²) >= 11 is 7.43. The summed E-state index contributed by atoms with van der Waals surface area (Å²) in [4.78, 5) is 0.293. The van der Waals surface area contributed by atoms with Gasteiger partial charge in [-0.1, -0.05) is 29.8 Å². The Kier molecular flexibility index (Phi) is 4.51. The zero-order chi connectivity index (χ0) is 14.2. The van der Waals surface area contributed by atoms with Gasteiger partial charge in [0.25, 0.3) is 0 Å². The number of halogens is 2. The van der Waals surface area contributed by atoms with Gasteiger partial charge < -0.3 is 9.47 Å². The van der Waals surface area contributed by atoms with Crippen LogP contribution in [0.15, 0.2) is 10.5 Å². The molecule has 0 heterocycles. The third-order valence-electron chi connectivity index (χ3n) is 3.86. The summed E-state index contributed by atoms with van der Waals surface area (Å²) in [6.45, 7) is 4.64. The van der Waals surface area contributed by atoms with E-state index in [-0.39, 0.29) is 0 Å². The second-order valence-corrected chi connectivity index (χ2v) is 7.78. The monoisotopic (exact) mass is 390 g/mol. The molecule has 0 radical (unpaired) electrons. The highest BCUT2D eigenvalue weighted by Gasteiger charge is 2.32. The Morgan fingerprint density at radius 3 is 2.53 bits per heavy atom. The molecule has 19 heavy (non-hydrogen) atoms. The molecule has 0 fully saturated rings. The van der Waals surface area contributed by atoms with Gasteiger partial charge in [0, 0.05) is 16.0 Å². The molecule has 1 aliphatic rings. The Hall–Kier alpha value is -0.220. The van der Waals surface area contributed by atoms with Gasteiger partial charge in [-0.05, 0) is 46.7 Å². The van der Waals surface area contributed by atoms with Crippen molar-refractivity contribution in [2.45, 2.75) is 37.9 Å². The summed E-state index contributed by atoms with van der Waals surface area (Å²) in [6, 6.07) is 2.01. The van der Waals surface area contributed by atoms with Crippen LogP contribution in [-0.2, 0) is 6.42 Å². The first kappa shape index (κ1) is 15.2. The Labute approximate surface area is 132 Å². The van der Waals surface area contributed by atoms with Gasteiger partial charge in [0.15, 0.2) is 0 Å². The maximum Gasteiger partial charge on any atom is 0.137 e. The van der Waals surface area contributed by atoms with Crippen LogP contribution < -0.4 is 9.47 Å². The fraction of sp³-hybridized carbons (Fsp3) is 0.600. The number of ether oxygens (including phenoxy) is 2. The van der Waals surface area contributed by atoms with Crippen LogP contribution in [0.3, 0.4) is 0 Å². The van der Waals surface area contributed by atoms with E-state index in [0.29, 0.717) is 10.2 Å². The normalized spacial score (nSPS) is 21.5. The predicted molar refractivity (Wildman–Crippen MR) is 85.6 cm³/mol. The lowest BCUT2D eigenvalue weighted by Gasteiger charge is -2.24. The van der Waals surface area contributed by atoms with Gasteiger partial charge in [-0.3, -0.25) is 0 Å². The largest absolute Gasteiger partial charge is 0.496 e. The average Bonchev–Trinajstić information content (AvgIpc) is 2.45. The molecule has 1 atom stereocenters. The molecule has 0 bridgehead atoms. The molecule has 1 aromatic carbocycles. The first-order valence-corrected chi connectivity index (χ1v) is 8.18. The minimum atomic E-state index is 0.293. The molecule has 0 saturated carbocycles. The summed E-state index contributed by atoms with van der Waals surface area (Å²) < 4.78 is 12.1. The Morgan fingerprint density at radius 1 is 1.26 bits per heavy atom. The third-order valence-corrected chi connectivity index (χ3v) is 5.23. The molecule has 0 saturated heterocycles. The average molecular weight is 392 g/mol. The number of hydrogen-bond donors (Lipinski definition) is 0. The smallest absolute Gasteiger partial charge is 0.137 e. The van der Waals surface area contributed by atoms with Crippen LogP contribution in [0, 0.1) is 5.41 Å². The molecule has 1 unspecified atom stereocenters. The van der Waals surface area contributed by atoms with Crippen LogP contribution in [0.25, 0.3) is 0 Å². The van der Waals surface area contributed by atoms with E-state index in [9.17, 15) is 0 Å². The van der Waals surface area contributed by atoms with Crippen LogP contribution in [0.5, 0.6) is 11.5 Å². The molecule has 0 N–H and O–H groups in total. The van der Waals surface area contributed by atoms with Gasteiger partial charge in [0.1, 0.15) is 11.5 Å². The van der Waals surface area contributed by atoms with Crippen molar-refractivity contribution in [3.05, 3.63) is 21.7 Å². The topological polar surface area (TPSA) is 18.5 Å². The minimum absolute atomic E-state index is 0.293. The number of rotatable bonds is 2. The van der Waals surface area contributed by atoms with Crippen LogP contribution >= 0.6 is 31.9 Å². The summed E-state index contributed by atoms with van der Waals surface area (Å²) in [5.74, 6) is 1.88. The fourth-order valence-electron chi connectivity index (χ4n) is 2.80. The number of fused-ring (bicyclic) bond motifs is 1. The molecular formula is C15H20Br2O2. The summed E-state index contributed by atoms with van der Waals surface area (Å²) in [5, 5.41) is 0. The molecule has 1 aliphatic carbocycles. The van der Waals surface area contributed by atoms with Gasteiger partial charge in [-0.15, -0.1) is 0 Å². The number of alkyl halides is 1.